The predicted octanol–water partition coefficient (Wildman–Crippen LogP) is 4.35. The minimum atomic E-state index is -3.67. The Morgan fingerprint density at radius 3 is 2.20 bits per heavy atom. The minimum absolute atomic E-state index is 0.00286. The van der Waals surface area contributed by atoms with Crippen LogP contribution in [0.25, 0.3) is 0 Å². The van der Waals surface area contributed by atoms with Crippen LogP contribution in [-0.4, -0.2) is 20.5 Å². The van der Waals surface area contributed by atoms with Crippen LogP contribution < -0.4 is 4.72 Å². The van der Waals surface area contributed by atoms with Crippen molar-refractivity contribution in [2.24, 2.45) is 0 Å². The van der Waals surface area contributed by atoms with Crippen molar-refractivity contribution in [1.29, 1.82) is 0 Å². The molecule has 2 aromatic carbocycles. The number of benzene rings is 2. The molecular formula is C18H18BrNO4S. The molecule has 0 amide bonds. The molecule has 3 rings (SSSR count). The Kier molecular flexibility index (Phi) is 5.44. The van der Waals surface area contributed by atoms with Crippen molar-refractivity contribution >= 4 is 37.6 Å². The zero-order valence-corrected chi connectivity index (χ0v) is 15.8. The molecule has 7 heteroatoms. The molecule has 0 heterocycles. The third-order valence-corrected chi connectivity index (χ3v) is 6.00. The van der Waals surface area contributed by atoms with Crippen LogP contribution in [0.1, 0.15) is 36.0 Å². The summed E-state index contributed by atoms with van der Waals surface area (Å²) in [6, 6.07) is 12.6. The highest BCUT2D eigenvalue weighted by molar-refractivity contribution is 9.10. The van der Waals surface area contributed by atoms with Crippen molar-refractivity contribution < 1.29 is 17.9 Å². The first-order chi connectivity index (χ1) is 11.9. The zero-order chi connectivity index (χ0) is 17.9. The van der Waals surface area contributed by atoms with E-state index in [2.05, 4.69) is 20.7 Å². The number of nitrogens with one attached hydrogen (secondary N) is 1. The van der Waals surface area contributed by atoms with Crippen LogP contribution in [0.2, 0.25) is 0 Å². The topological polar surface area (TPSA) is 72.5 Å². The summed E-state index contributed by atoms with van der Waals surface area (Å²) in [5.41, 5.74) is 0.804. The summed E-state index contributed by atoms with van der Waals surface area (Å²) in [6.45, 7) is 0. The number of esters is 1. The first-order valence-electron chi connectivity index (χ1n) is 8.03. The van der Waals surface area contributed by atoms with Gasteiger partial charge in [0.1, 0.15) is 6.10 Å². The molecule has 0 radical (unpaired) electrons. The molecule has 1 aliphatic carbocycles. The summed E-state index contributed by atoms with van der Waals surface area (Å²) in [5, 5.41) is 0. The third kappa shape index (κ3) is 4.61. The summed E-state index contributed by atoms with van der Waals surface area (Å²) in [4.78, 5) is 12.3. The molecule has 0 aromatic heterocycles. The lowest BCUT2D eigenvalue weighted by molar-refractivity contribution is 0.0318. The number of carbonyl (C=O) groups excluding carboxylic acids is 1. The molecule has 1 aliphatic rings. The Morgan fingerprint density at radius 1 is 1.00 bits per heavy atom. The summed E-state index contributed by atoms with van der Waals surface area (Å²) in [7, 11) is -3.67. The summed E-state index contributed by atoms with van der Waals surface area (Å²) >= 11 is 3.27. The second kappa shape index (κ2) is 7.58. The monoisotopic (exact) mass is 423 g/mol. The number of hydrogen-bond donors (Lipinski definition) is 1. The Labute approximate surface area is 155 Å². The Balaban J connectivity index is 1.67. The lowest BCUT2D eigenvalue weighted by atomic mass is 10.2. The van der Waals surface area contributed by atoms with E-state index in [1.807, 2.05) is 0 Å². The Morgan fingerprint density at radius 2 is 1.60 bits per heavy atom. The van der Waals surface area contributed by atoms with E-state index in [0.717, 1.165) is 30.2 Å². The lowest BCUT2D eigenvalue weighted by Gasteiger charge is -2.12. The maximum atomic E-state index is 12.3. The van der Waals surface area contributed by atoms with E-state index < -0.39 is 10.0 Å². The van der Waals surface area contributed by atoms with E-state index in [1.165, 1.54) is 12.1 Å². The SMILES string of the molecule is O=C(OC1CCCC1)c1ccc(NS(=O)(=O)c2ccc(Br)cc2)cc1. The molecule has 0 aliphatic heterocycles. The highest BCUT2D eigenvalue weighted by Crippen LogP contribution is 2.23. The number of hydrogen-bond acceptors (Lipinski definition) is 4. The summed E-state index contributed by atoms with van der Waals surface area (Å²) in [6.07, 6.45) is 4.01. The van der Waals surface area contributed by atoms with E-state index in [-0.39, 0.29) is 17.0 Å². The molecule has 0 bridgehead atoms. The van der Waals surface area contributed by atoms with Gasteiger partial charge in [0.05, 0.1) is 10.5 Å². The number of ether oxygens (including phenoxy) is 1. The zero-order valence-electron chi connectivity index (χ0n) is 13.4. The van der Waals surface area contributed by atoms with E-state index in [9.17, 15) is 13.2 Å². The van der Waals surface area contributed by atoms with Gasteiger partial charge in [-0.2, -0.15) is 0 Å². The van der Waals surface area contributed by atoms with E-state index in [0.29, 0.717) is 11.3 Å². The highest BCUT2D eigenvalue weighted by Gasteiger charge is 2.20. The van der Waals surface area contributed by atoms with Crippen LogP contribution in [0.15, 0.2) is 57.9 Å². The summed E-state index contributed by atoms with van der Waals surface area (Å²) in [5.74, 6) is -0.366. The molecule has 2 aromatic rings. The third-order valence-electron chi connectivity index (χ3n) is 4.07. The molecule has 25 heavy (non-hydrogen) atoms. The number of halogens is 1. The average Bonchev–Trinajstić information content (AvgIpc) is 3.08. The fraction of sp³-hybridized carbons (Fsp3) is 0.278. The largest absolute Gasteiger partial charge is 0.459 e. The van der Waals surface area contributed by atoms with Crippen LogP contribution in [0.5, 0.6) is 0 Å². The summed E-state index contributed by atoms with van der Waals surface area (Å²) < 4.78 is 33.4. The second-order valence-corrected chi connectivity index (χ2v) is 8.55. The molecule has 132 valence electrons. The van der Waals surface area contributed by atoms with Gasteiger partial charge in [-0.1, -0.05) is 15.9 Å². The molecule has 1 fully saturated rings. The van der Waals surface area contributed by atoms with Gasteiger partial charge in [0.25, 0.3) is 10.0 Å². The van der Waals surface area contributed by atoms with E-state index >= 15 is 0 Å². The first-order valence-corrected chi connectivity index (χ1v) is 10.3. The van der Waals surface area contributed by atoms with Gasteiger partial charge in [0, 0.05) is 10.2 Å². The standard InChI is InChI=1S/C18H18BrNO4S/c19-14-7-11-17(12-8-14)25(22,23)20-15-9-5-13(6-10-15)18(21)24-16-3-1-2-4-16/h5-12,16,20H,1-4H2. The van der Waals surface area contributed by atoms with Crippen molar-refractivity contribution in [3.05, 3.63) is 58.6 Å². The van der Waals surface area contributed by atoms with E-state index in [4.69, 9.17) is 4.74 Å². The van der Waals surface area contributed by atoms with Crippen LogP contribution in [0.4, 0.5) is 5.69 Å². The maximum absolute atomic E-state index is 12.3. The van der Waals surface area contributed by atoms with E-state index in [1.54, 1.807) is 36.4 Å². The molecule has 5 nitrogen and oxygen atoms in total. The predicted molar refractivity (Wildman–Crippen MR) is 99.1 cm³/mol. The van der Waals surface area contributed by atoms with Gasteiger partial charge < -0.3 is 4.74 Å². The fourth-order valence-corrected chi connectivity index (χ4v) is 4.05. The smallest absolute Gasteiger partial charge is 0.338 e. The van der Waals surface area contributed by atoms with Gasteiger partial charge in [0.15, 0.2) is 0 Å². The quantitative estimate of drug-likeness (QED) is 0.725. The first kappa shape index (κ1) is 17.9. The van der Waals surface area contributed by atoms with Crippen molar-refractivity contribution in [1.82, 2.24) is 0 Å². The van der Waals surface area contributed by atoms with Gasteiger partial charge in [-0.25, -0.2) is 13.2 Å². The van der Waals surface area contributed by atoms with Gasteiger partial charge in [-0.3, -0.25) is 4.72 Å². The second-order valence-electron chi connectivity index (χ2n) is 5.95. The Bertz CT molecular complexity index is 842. The van der Waals surface area contributed by atoms with Crippen molar-refractivity contribution in [2.45, 2.75) is 36.7 Å². The molecule has 0 atom stereocenters. The molecule has 1 saturated carbocycles. The number of sulfonamides is 1. The van der Waals surface area contributed by atoms with Crippen LogP contribution >= 0.6 is 15.9 Å². The minimum Gasteiger partial charge on any atom is -0.459 e. The van der Waals surface area contributed by atoms with Gasteiger partial charge in [0.2, 0.25) is 0 Å². The number of anilines is 1. The molecular weight excluding hydrogens is 406 g/mol. The van der Waals surface area contributed by atoms with Gasteiger partial charge in [-0.15, -0.1) is 0 Å². The fourth-order valence-electron chi connectivity index (χ4n) is 2.73. The van der Waals surface area contributed by atoms with Crippen LogP contribution in [0.3, 0.4) is 0 Å². The molecule has 0 spiro atoms. The maximum Gasteiger partial charge on any atom is 0.338 e. The molecule has 1 N–H and O–H groups in total. The number of carbonyl (C=O) groups is 1. The number of rotatable bonds is 5. The van der Waals surface area contributed by atoms with Crippen molar-refractivity contribution in [3.8, 4) is 0 Å². The Hall–Kier alpha value is -1.86. The molecule has 0 saturated heterocycles. The normalized spacial score (nSPS) is 15.1. The van der Waals surface area contributed by atoms with Gasteiger partial charge in [-0.05, 0) is 74.2 Å². The highest BCUT2D eigenvalue weighted by atomic mass is 79.9. The average molecular weight is 424 g/mol. The lowest BCUT2D eigenvalue weighted by Crippen LogP contribution is -2.15. The molecule has 0 unspecified atom stereocenters. The van der Waals surface area contributed by atoms with Crippen LogP contribution in [-0.2, 0) is 14.8 Å². The van der Waals surface area contributed by atoms with Gasteiger partial charge >= 0.3 is 5.97 Å². The van der Waals surface area contributed by atoms with Crippen LogP contribution in [0, 0.1) is 0 Å². The van der Waals surface area contributed by atoms with Crippen molar-refractivity contribution in [3.63, 3.8) is 0 Å². The van der Waals surface area contributed by atoms with Crippen molar-refractivity contribution in [2.75, 3.05) is 4.72 Å².